The second-order valence-electron chi connectivity index (χ2n) is 15.0. The van der Waals surface area contributed by atoms with Crippen LogP contribution in [0.1, 0.15) is 230 Å². The standard InChI is InChI=1S/C42H77N3O5/c1-3-5-7-9-11-13-15-17-19-21-23-25-27-29-31-33-35-37-39(43)42(46)41(45(49)50)38(40(37)44(47)48)36-34-32-30-28-26-24-22-20-18-16-14-12-10-8-6-4-2/h46H,3-36,43H2,1-2H3. The average Bonchev–Trinajstić information content (AvgIpc) is 3.09. The van der Waals surface area contributed by atoms with Crippen molar-refractivity contribution in [1.29, 1.82) is 0 Å². The summed E-state index contributed by atoms with van der Waals surface area (Å²) in [5.74, 6) is -0.612. The van der Waals surface area contributed by atoms with Crippen LogP contribution < -0.4 is 5.73 Å². The summed E-state index contributed by atoms with van der Waals surface area (Å²) in [5, 5.41) is 34.9. The molecule has 1 rings (SSSR count). The maximum Gasteiger partial charge on any atom is 0.322 e. The number of hydrogen-bond donors (Lipinski definition) is 2. The van der Waals surface area contributed by atoms with Crippen LogP contribution in [0.3, 0.4) is 0 Å². The van der Waals surface area contributed by atoms with Crippen LogP contribution in [-0.4, -0.2) is 15.0 Å². The molecule has 0 aromatic heterocycles. The molecule has 0 aliphatic heterocycles. The van der Waals surface area contributed by atoms with Gasteiger partial charge in [0.25, 0.3) is 5.69 Å². The predicted molar refractivity (Wildman–Crippen MR) is 212 cm³/mol. The second kappa shape index (κ2) is 31.4. The molecule has 8 nitrogen and oxygen atoms in total. The third-order valence-corrected chi connectivity index (χ3v) is 10.6. The maximum atomic E-state index is 12.3. The van der Waals surface area contributed by atoms with Crippen LogP contribution in [0.4, 0.5) is 17.1 Å². The van der Waals surface area contributed by atoms with Gasteiger partial charge in [-0.1, -0.05) is 206 Å². The summed E-state index contributed by atoms with van der Waals surface area (Å²) in [4.78, 5) is 23.0. The van der Waals surface area contributed by atoms with E-state index in [2.05, 4.69) is 13.8 Å². The van der Waals surface area contributed by atoms with E-state index in [1.807, 2.05) is 0 Å². The predicted octanol–water partition coefficient (Wildman–Crippen LogP) is 14.4. The molecule has 0 spiro atoms. The van der Waals surface area contributed by atoms with Crippen molar-refractivity contribution in [2.24, 2.45) is 0 Å². The minimum absolute atomic E-state index is 0.0311. The Labute approximate surface area is 306 Å². The van der Waals surface area contributed by atoms with Crippen molar-refractivity contribution in [3.05, 3.63) is 31.4 Å². The number of benzene rings is 1. The van der Waals surface area contributed by atoms with E-state index in [4.69, 9.17) is 5.73 Å². The van der Waals surface area contributed by atoms with E-state index in [0.29, 0.717) is 19.3 Å². The fourth-order valence-corrected chi connectivity index (χ4v) is 7.44. The number of anilines is 1. The second-order valence-corrected chi connectivity index (χ2v) is 15.0. The average molecular weight is 704 g/mol. The van der Waals surface area contributed by atoms with Gasteiger partial charge in [-0.2, -0.15) is 0 Å². The van der Waals surface area contributed by atoms with Gasteiger partial charge in [0.2, 0.25) is 5.75 Å². The van der Waals surface area contributed by atoms with E-state index in [0.717, 1.165) is 38.5 Å². The van der Waals surface area contributed by atoms with Gasteiger partial charge in [-0.15, -0.1) is 0 Å². The molecule has 0 bridgehead atoms. The zero-order valence-electron chi connectivity index (χ0n) is 32.6. The number of nitro groups is 2. The van der Waals surface area contributed by atoms with Gasteiger partial charge in [0.15, 0.2) is 0 Å². The smallest absolute Gasteiger partial charge is 0.322 e. The quantitative estimate of drug-likeness (QED) is 0.0235. The summed E-state index contributed by atoms with van der Waals surface area (Å²) in [7, 11) is 0. The third kappa shape index (κ3) is 21.1. The lowest BCUT2D eigenvalue weighted by Gasteiger charge is -2.14. The number of nitrogen functional groups attached to an aromatic ring is 1. The largest absolute Gasteiger partial charge is 0.501 e. The Morgan fingerprint density at radius 3 is 0.920 bits per heavy atom. The molecule has 0 aliphatic carbocycles. The molecular formula is C42H77N3O5. The van der Waals surface area contributed by atoms with Gasteiger partial charge in [-0.05, 0) is 25.7 Å². The number of phenols is 1. The Morgan fingerprint density at radius 1 is 0.420 bits per heavy atom. The molecule has 0 radical (unpaired) electrons. The SMILES string of the molecule is CCCCCCCCCCCCCCCCCCc1c(N)c(O)c([N+](=O)[O-])c(CCCCCCCCCCCCCCCCCC)c1[N+](=O)[O-]. The van der Waals surface area contributed by atoms with Crippen molar-refractivity contribution < 1.29 is 15.0 Å². The van der Waals surface area contributed by atoms with E-state index in [-0.39, 0.29) is 28.9 Å². The van der Waals surface area contributed by atoms with Gasteiger partial charge in [0, 0.05) is 0 Å². The normalized spacial score (nSPS) is 11.4. The molecule has 0 fully saturated rings. The summed E-state index contributed by atoms with van der Waals surface area (Å²) in [6.45, 7) is 4.52. The molecule has 8 heteroatoms. The molecule has 1 aromatic rings. The Bertz CT molecular complexity index is 1020. The zero-order valence-corrected chi connectivity index (χ0v) is 32.6. The topological polar surface area (TPSA) is 133 Å². The van der Waals surface area contributed by atoms with Crippen molar-refractivity contribution in [3.8, 4) is 5.75 Å². The third-order valence-electron chi connectivity index (χ3n) is 10.6. The molecule has 0 atom stereocenters. The van der Waals surface area contributed by atoms with Crippen LogP contribution >= 0.6 is 0 Å². The minimum atomic E-state index is -0.709. The van der Waals surface area contributed by atoms with Crippen LogP contribution in [0.2, 0.25) is 0 Å². The lowest BCUT2D eigenvalue weighted by molar-refractivity contribution is -0.396. The molecule has 0 saturated carbocycles. The Kier molecular flexibility index (Phi) is 28.6. The lowest BCUT2D eigenvalue weighted by Crippen LogP contribution is -2.09. The van der Waals surface area contributed by atoms with Crippen LogP contribution in [-0.2, 0) is 12.8 Å². The molecule has 0 heterocycles. The molecule has 0 aliphatic rings. The molecule has 1 aromatic carbocycles. The number of rotatable bonds is 36. The van der Waals surface area contributed by atoms with Crippen molar-refractivity contribution in [2.45, 2.75) is 232 Å². The summed E-state index contributed by atoms with van der Waals surface area (Å²) in [6, 6.07) is 0. The molecule has 0 amide bonds. The van der Waals surface area contributed by atoms with Gasteiger partial charge in [-0.3, -0.25) is 20.2 Å². The number of nitro benzene ring substituents is 2. The number of nitrogens with zero attached hydrogens (tertiary/aromatic N) is 2. The Hall–Kier alpha value is -2.38. The maximum absolute atomic E-state index is 12.3. The molecular weight excluding hydrogens is 626 g/mol. The minimum Gasteiger partial charge on any atom is -0.501 e. The van der Waals surface area contributed by atoms with E-state index in [1.54, 1.807) is 0 Å². The first-order valence-electron chi connectivity index (χ1n) is 21.3. The van der Waals surface area contributed by atoms with Crippen LogP contribution in [0.25, 0.3) is 0 Å². The summed E-state index contributed by atoms with van der Waals surface area (Å²) < 4.78 is 0. The van der Waals surface area contributed by atoms with E-state index < -0.39 is 21.3 Å². The summed E-state index contributed by atoms with van der Waals surface area (Å²) in [5.41, 5.74) is 5.36. The fraction of sp³-hybridized carbons (Fsp3) is 0.857. The molecule has 50 heavy (non-hydrogen) atoms. The van der Waals surface area contributed by atoms with Crippen LogP contribution in [0, 0.1) is 20.2 Å². The lowest BCUT2D eigenvalue weighted by atomic mass is 9.93. The zero-order chi connectivity index (χ0) is 36.7. The van der Waals surface area contributed by atoms with Crippen molar-refractivity contribution in [3.63, 3.8) is 0 Å². The van der Waals surface area contributed by atoms with E-state index >= 15 is 0 Å². The number of hydrogen-bond acceptors (Lipinski definition) is 6. The summed E-state index contributed by atoms with van der Waals surface area (Å²) in [6.07, 6.45) is 39.8. The highest BCUT2D eigenvalue weighted by molar-refractivity contribution is 5.78. The van der Waals surface area contributed by atoms with Crippen molar-refractivity contribution in [2.75, 3.05) is 5.73 Å². The summed E-state index contributed by atoms with van der Waals surface area (Å²) >= 11 is 0. The van der Waals surface area contributed by atoms with Crippen molar-refractivity contribution in [1.82, 2.24) is 0 Å². The molecule has 290 valence electrons. The van der Waals surface area contributed by atoms with Gasteiger partial charge >= 0.3 is 5.69 Å². The van der Waals surface area contributed by atoms with Crippen molar-refractivity contribution >= 4 is 17.1 Å². The highest BCUT2D eigenvalue weighted by Crippen LogP contribution is 2.46. The molecule has 0 saturated heterocycles. The monoisotopic (exact) mass is 704 g/mol. The molecule has 3 N–H and O–H groups in total. The fourth-order valence-electron chi connectivity index (χ4n) is 7.44. The molecule has 0 unspecified atom stereocenters. The van der Waals surface area contributed by atoms with Crippen LogP contribution in [0.15, 0.2) is 0 Å². The highest BCUT2D eigenvalue weighted by Gasteiger charge is 2.35. The van der Waals surface area contributed by atoms with E-state index in [9.17, 15) is 25.3 Å². The number of aromatic hydroxyl groups is 1. The first-order valence-corrected chi connectivity index (χ1v) is 21.3. The van der Waals surface area contributed by atoms with Crippen LogP contribution in [0.5, 0.6) is 5.75 Å². The Morgan fingerprint density at radius 2 is 0.660 bits per heavy atom. The van der Waals surface area contributed by atoms with Gasteiger partial charge in [-0.25, -0.2) is 0 Å². The van der Waals surface area contributed by atoms with Gasteiger partial charge in [0.1, 0.15) is 5.56 Å². The van der Waals surface area contributed by atoms with Gasteiger partial charge < -0.3 is 10.8 Å². The highest BCUT2D eigenvalue weighted by atomic mass is 16.6. The van der Waals surface area contributed by atoms with E-state index in [1.165, 1.54) is 154 Å². The number of unbranched alkanes of at least 4 members (excludes halogenated alkanes) is 30. The van der Waals surface area contributed by atoms with Gasteiger partial charge in [0.05, 0.1) is 21.1 Å². The Balaban J connectivity index is 2.38. The number of nitrogens with two attached hydrogens (primary N) is 1. The number of phenolic OH excluding ortho intramolecular Hbond substituents is 1. The first-order chi connectivity index (χ1) is 24.4. The first kappa shape index (κ1) is 45.6.